The first-order valence-corrected chi connectivity index (χ1v) is 15.7. The highest BCUT2D eigenvalue weighted by atomic mass is 35.5. The number of carbonyl (C=O) groups excluding carboxylic acids is 3. The van der Waals surface area contributed by atoms with Crippen LogP contribution in [0.3, 0.4) is 0 Å². The maximum Gasteiger partial charge on any atom is 0.412 e. The predicted octanol–water partition coefficient (Wildman–Crippen LogP) is 3.46. The Kier molecular flexibility index (Phi) is 8.08. The van der Waals surface area contributed by atoms with Gasteiger partial charge in [-0.25, -0.2) is 18.0 Å². The van der Waals surface area contributed by atoms with Crippen LogP contribution in [0, 0.1) is 5.92 Å². The molecular weight excluding hydrogens is 588 g/mol. The number of nitrogens with zero attached hydrogens (tertiary/aromatic N) is 2. The van der Waals surface area contributed by atoms with Crippen LogP contribution in [0.2, 0.25) is 5.02 Å². The number of ether oxygens (including phenoxy) is 1. The van der Waals surface area contributed by atoms with E-state index in [9.17, 15) is 32.7 Å². The van der Waals surface area contributed by atoms with Crippen molar-refractivity contribution in [2.75, 3.05) is 41.9 Å². The van der Waals surface area contributed by atoms with Crippen molar-refractivity contribution >= 4 is 56.8 Å². The quantitative estimate of drug-likeness (QED) is 0.443. The van der Waals surface area contributed by atoms with Gasteiger partial charge in [0, 0.05) is 41.9 Å². The zero-order valence-corrected chi connectivity index (χ0v) is 24.4. The Morgan fingerprint density at radius 3 is 2.55 bits per heavy atom. The predicted molar refractivity (Wildman–Crippen MR) is 155 cm³/mol. The minimum absolute atomic E-state index is 0.0262. The van der Waals surface area contributed by atoms with E-state index in [-0.39, 0.29) is 48.4 Å². The van der Waals surface area contributed by atoms with Gasteiger partial charge in [-0.1, -0.05) is 11.6 Å². The summed E-state index contributed by atoms with van der Waals surface area (Å²) in [5.74, 6) is -0.937. The second-order valence-electron chi connectivity index (χ2n) is 11.0. The molecule has 0 aromatic heterocycles. The highest BCUT2D eigenvalue weighted by molar-refractivity contribution is 7.91. The molecule has 12 nitrogen and oxygen atoms in total. The number of carboxylic acid groups (broad SMARTS) is 1. The average Bonchev–Trinajstić information content (AvgIpc) is 3.37. The summed E-state index contributed by atoms with van der Waals surface area (Å²) in [6.45, 7) is 0.327. The third-order valence-electron chi connectivity index (χ3n) is 8.19. The molecule has 14 heteroatoms. The van der Waals surface area contributed by atoms with Gasteiger partial charge in [0.25, 0.3) is 5.91 Å². The lowest BCUT2D eigenvalue weighted by Crippen LogP contribution is -2.50. The molecule has 3 aliphatic heterocycles. The number of nitrogens with one attached hydrogen (secondary N) is 2. The van der Waals surface area contributed by atoms with E-state index in [1.54, 1.807) is 23.1 Å². The van der Waals surface area contributed by atoms with Crippen molar-refractivity contribution in [1.29, 1.82) is 0 Å². The Labute approximate surface area is 247 Å². The number of hydrogen-bond acceptors (Lipinski definition) is 7. The van der Waals surface area contributed by atoms with Crippen molar-refractivity contribution in [3.8, 4) is 0 Å². The molecule has 1 spiro atoms. The maximum atomic E-state index is 14.0. The van der Waals surface area contributed by atoms with Gasteiger partial charge >= 0.3 is 12.2 Å². The first-order chi connectivity index (χ1) is 19.9. The van der Waals surface area contributed by atoms with Crippen molar-refractivity contribution in [3.63, 3.8) is 0 Å². The summed E-state index contributed by atoms with van der Waals surface area (Å²) in [6.07, 6.45) is -0.438. The second-order valence-corrected chi connectivity index (χ2v) is 13.7. The maximum absolute atomic E-state index is 14.0. The molecule has 2 aromatic rings. The zero-order valence-electron chi connectivity index (χ0n) is 22.8. The molecule has 3 N–H and O–H groups in total. The van der Waals surface area contributed by atoms with Crippen LogP contribution in [-0.2, 0) is 25.0 Å². The topological polar surface area (TPSA) is 162 Å². The summed E-state index contributed by atoms with van der Waals surface area (Å²) in [5, 5.41) is 15.1. The normalized spacial score (nSPS) is 22.0. The number of fused-ring (bicyclic) bond motifs is 2. The lowest BCUT2D eigenvalue weighted by Gasteiger charge is -2.36. The lowest BCUT2D eigenvalue weighted by atomic mass is 9.90. The van der Waals surface area contributed by atoms with E-state index < -0.39 is 39.6 Å². The highest BCUT2D eigenvalue weighted by Crippen LogP contribution is 2.44. The fraction of sp³-hybridized carbons (Fsp3) is 0.429. The molecule has 3 aliphatic rings. The summed E-state index contributed by atoms with van der Waals surface area (Å²) >= 11 is 6.24. The Morgan fingerprint density at radius 2 is 1.88 bits per heavy atom. The average molecular weight is 619 g/mol. The van der Waals surface area contributed by atoms with Crippen LogP contribution in [0.1, 0.15) is 41.6 Å². The van der Waals surface area contributed by atoms with Crippen LogP contribution in [0.4, 0.5) is 21.0 Å². The summed E-state index contributed by atoms with van der Waals surface area (Å²) < 4.78 is 29.7. The van der Waals surface area contributed by atoms with Gasteiger partial charge in [-0.3, -0.25) is 19.8 Å². The lowest BCUT2D eigenvalue weighted by molar-refractivity contribution is -0.133. The number of likely N-dealkylation sites (tertiary alicyclic amines) is 1. The molecule has 2 aromatic carbocycles. The molecular formula is C28H31ClN4O8S. The Balaban J connectivity index is 1.36. The number of anilines is 2. The second kappa shape index (κ2) is 11.4. The Bertz CT molecular complexity index is 1520. The van der Waals surface area contributed by atoms with Crippen LogP contribution in [0.15, 0.2) is 42.5 Å². The summed E-state index contributed by atoms with van der Waals surface area (Å²) in [5.41, 5.74) is 0.715. The first-order valence-electron chi connectivity index (χ1n) is 13.5. The fourth-order valence-corrected chi connectivity index (χ4v) is 7.54. The van der Waals surface area contributed by atoms with Crippen molar-refractivity contribution in [2.24, 2.45) is 5.92 Å². The first kappa shape index (κ1) is 29.6. The van der Waals surface area contributed by atoms with Gasteiger partial charge < -0.3 is 20.1 Å². The van der Waals surface area contributed by atoms with E-state index >= 15 is 0 Å². The number of halogens is 1. The van der Waals surface area contributed by atoms with E-state index in [2.05, 4.69) is 10.6 Å². The molecule has 42 heavy (non-hydrogen) atoms. The van der Waals surface area contributed by atoms with E-state index in [0.717, 1.165) is 4.90 Å². The fourth-order valence-electron chi connectivity index (χ4n) is 5.78. The SMILES string of the molecule is CN(C(=O)O)c1ccc(C(=O)NC(CC2CCS(=O)(=O)CC2)C(=O)N2CCC3(C2)OC(=O)Nc2ccc(Cl)cc23)cc1. The molecule has 0 aliphatic carbocycles. The monoisotopic (exact) mass is 618 g/mol. The molecule has 3 heterocycles. The number of carbonyl (C=O) groups is 4. The van der Waals surface area contributed by atoms with Crippen molar-refractivity contribution < 1.29 is 37.4 Å². The molecule has 224 valence electrons. The number of sulfone groups is 1. The Morgan fingerprint density at radius 1 is 1.19 bits per heavy atom. The van der Waals surface area contributed by atoms with Crippen molar-refractivity contribution in [1.82, 2.24) is 10.2 Å². The molecule has 0 radical (unpaired) electrons. The third-order valence-corrected chi connectivity index (χ3v) is 10.1. The van der Waals surface area contributed by atoms with Gasteiger partial charge in [0.1, 0.15) is 15.9 Å². The minimum atomic E-state index is -3.12. The number of benzene rings is 2. The largest absolute Gasteiger partial charge is 0.465 e. The van der Waals surface area contributed by atoms with Crippen molar-refractivity contribution in [2.45, 2.75) is 37.3 Å². The minimum Gasteiger partial charge on any atom is -0.465 e. The molecule has 0 bridgehead atoms. The molecule has 4 amide bonds. The van der Waals surface area contributed by atoms with E-state index in [0.29, 0.717) is 41.2 Å². The highest BCUT2D eigenvalue weighted by Gasteiger charge is 2.49. The summed E-state index contributed by atoms with van der Waals surface area (Å²) in [6, 6.07) is 10.0. The summed E-state index contributed by atoms with van der Waals surface area (Å²) in [7, 11) is -1.74. The number of amides is 4. The van der Waals surface area contributed by atoms with Crippen LogP contribution < -0.4 is 15.5 Å². The molecule has 2 unspecified atom stereocenters. The molecule has 2 saturated heterocycles. The van der Waals surface area contributed by atoms with Crippen LogP contribution in [0.5, 0.6) is 0 Å². The van der Waals surface area contributed by atoms with Gasteiger partial charge in [0.2, 0.25) is 5.91 Å². The Hall–Kier alpha value is -3.84. The number of hydrogen-bond donors (Lipinski definition) is 3. The van der Waals surface area contributed by atoms with Gasteiger partial charge in [-0.05, 0) is 67.6 Å². The van der Waals surface area contributed by atoms with Crippen LogP contribution in [-0.4, -0.2) is 80.1 Å². The molecule has 5 rings (SSSR count). The zero-order chi connectivity index (χ0) is 30.2. The third kappa shape index (κ3) is 6.16. The van der Waals surface area contributed by atoms with Crippen LogP contribution >= 0.6 is 11.6 Å². The van der Waals surface area contributed by atoms with Gasteiger partial charge in [0.05, 0.1) is 23.7 Å². The molecule has 2 atom stereocenters. The van der Waals surface area contributed by atoms with Gasteiger partial charge in [0.15, 0.2) is 5.60 Å². The van der Waals surface area contributed by atoms with E-state index in [1.165, 1.54) is 31.3 Å². The molecule has 2 fully saturated rings. The van der Waals surface area contributed by atoms with E-state index in [1.807, 2.05) is 0 Å². The number of rotatable bonds is 6. The standard InChI is InChI=1S/C28H31ClN4O8S/c1-32(27(37)38)20-5-2-18(3-6-20)24(34)30-23(14-17-8-12-42(39,40)13-9-17)25(35)33-11-10-28(16-33)21-15-19(29)4-7-22(21)31-26(36)41-28/h2-7,15,17,23H,8-14,16H2,1H3,(H,30,34)(H,31,36)(H,37,38). The van der Waals surface area contributed by atoms with Gasteiger partial charge in [-0.15, -0.1) is 0 Å². The summed E-state index contributed by atoms with van der Waals surface area (Å²) in [4.78, 5) is 53.4. The van der Waals surface area contributed by atoms with Gasteiger partial charge in [-0.2, -0.15) is 0 Å². The van der Waals surface area contributed by atoms with Crippen molar-refractivity contribution in [3.05, 3.63) is 58.6 Å². The van der Waals surface area contributed by atoms with E-state index in [4.69, 9.17) is 16.3 Å². The smallest absolute Gasteiger partial charge is 0.412 e. The van der Waals surface area contributed by atoms with Crippen LogP contribution in [0.25, 0.3) is 0 Å². The molecule has 0 saturated carbocycles.